The van der Waals surface area contributed by atoms with Gasteiger partial charge in [0.05, 0.1) is 13.3 Å². The quantitative estimate of drug-likeness (QED) is 0.840. The summed E-state index contributed by atoms with van der Waals surface area (Å²) in [6, 6.07) is 0.310. The van der Waals surface area contributed by atoms with Crippen LogP contribution < -0.4 is 5.32 Å². The van der Waals surface area contributed by atoms with Crippen LogP contribution in [0.25, 0.3) is 0 Å². The van der Waals surface area contributed by atoms with Crippen molar-refractivity contribution >= 4 is 33.2 Å². The first-order valence-corrected chi connectivity index (χ1v) is 7.65. The molecule has 0 spiro atoms. The molecule has 5 nitrogen and oxygen atoms in total. The van der Waals surface area contributed by atoms with Crippen molar-refractivity contribution < 1.29 is 13.7 Å². The van der Waals surface area contributed by atoms with E-state index >= 15 is 0 Å². The van der Waals surface area contributed by atoms with Crippen molar-refractivity contribution in [3.8, 4) is 0 Å². The van der Waals surface area contributed by atoms with E-state index in [-0.39, 0.29) is 5.97 Å². The van der Waals surface area contributed by atoms with E-state index in [0.717, 1.165) is 29.5 Å². The van der Waals surface area contributed by atoms with Gasteiger partial charge < -0.3 is 10.1 Å². The minimum Gasteiger partial charge on any atom is -0.465 e. The Kier molecular flexibility index (Phi) is 4.11. The average Bonchev–Trinajstić information content (AvgIpc) is 2.80. The van der Waals surface area contributed by atoms with Crippen molar-refractivity contribution in [3.63, 3.8) is 0 Å². The minimum atomic E-state index is -0.654. The van der Waals surface area contributed by atoms with Crippen molar-refractivity contribution in [2.75, 3.05) is 23.9 Å². The number of hydrogen-bond acceptors (Lipinski definition) is 6. The van der Waals surface area contributed by atoms with Crippen LogP contribution in [0, 0.1) is 0 Å². The van der Waals surface area contributed by atoms with E-state index in [1.165, 1.54) is 24.6 Å². The van der Waals surface area contributed by atoms with Crippen molar-refractivity contribution in [2.45, 2.75) is 18.9 Å². The molecular weight excluding hydrogens is 260 g/mol. The highest BCUT2D eigenvalue weighted by atomic mass is 32.2. The van der Waals surface area contributed by atoms with Gasteiger partial charge in [0.1, 0.15) is 4.88 Å². The van der Waals surface area contributed by atoms with E-state index in [9.17, 15) is 9.00 Å². The lowest BCUT2D eigenvalue weighted by molar-refractivity contribution is 0.0606. The predicted octanol–water partition coefficient (Wildman–Crippen LogP) is 1.25. The first-order valence-electron chi connectivity index (χ1n) is 5.34. The van der Waals surface area contributed by atoms with Crippen LogP contribution in [0.1, 0.15) is 22.5 Å². The van der Waals surface area contributed by atoms with Crippen molar-refractivity contribution in [3.05, 3.63) is 11.1 Å². The van der Waals surface area contributed by atoms with Gasteiger partial charge in [-0.2, -0.15) is 0 Å². The minimum absolute atomic E-state index is 0.310. The zero-order chi connectivity index (χ0) is 12.3. The molecule has 94 valence electrons. The lowest BCUT2D eigenvalue weighted by Crippen LogP contribution is -2.29. The van der Waals surface area contributed by atoms with Gasteiger partial charge in [0.25, 0.3) is 0 Å². The van der Waals surface area contributed by atoms with E-state index in [2.05, 4.69) is 15.0 Å². The van der Waals surface area contributed by atoms with E-state index in [1.807, 2.05) is 0 Å². The lowest BCUT2D eigenvalue weighted by Gasteiger charge is -2.21. The molecular formula is C10H14N2O3S2. The van der Waals surface area contributed by atoms with Gasteiger partial charge in [0, 0.05) is 28.3 Å². The second-order valence-corrected chi connectivity index (χ2v) is 6.51. The maximum absolute atomic E-state index is 11.2. The first kappa shape index (κ1) is 12.5. The maximum Gasteiger partial charge on any atom is 0.349 e. The number of nitrogens with one attached hydrogen (secondary N) is 1. The third kappa shape index (κ3) is 3.26. The largest absolute Gasteiger partial charge is 0.465 e. The highest BCUT2D eigenvalue weighted by molar-refractivity contribution is 7.85. The van der Waals surface area contributed by atoms with Gasteiger partial charge in [-0.1, -0.05) is 11.3 Å². The smallest absolute Gasteiger partial charge is 0.349 e. The average molecular weight is 274 g/mol. The molecule has 0 aromatic carbocycles. The van der Waals surface area contributed by atoms with Crippen LogP contribution in [-0.4, -0.2) is 39.8 Å². The Balaban J connectivity index is 1.93. The fourth-order valence-electron chi connectivity index (χ4n) is 1.65. The standard InChI is InChI=1S/C10H14N2O3S2/c1-15-9(13)8-6-11-10(16-8)12-7-2-4-17(14)5-3-7/h6-7H,2-5H2,1H3,(H,11,12). The molecule has 0 aliphatic carbocycles. The topological polar surface area (TPSA) is 68.3 Å². The molecule has 2 heterocycles. The number of carbonyl (C=O) groups excluding carboxylic acids is 1. The Morgan fingerprint density at radius 3 is 2.94 bits per heavy atom. The Morgan fingerprint density at radius 2 is 2.29 bits per heavy atom. The van der Waals surface area contributed by atoms with Crippen LogP contribution in [-0.2, 0) is 15.5 Å². The third-order valence-electron chi connectivity index (χ3n) is 2.61. The Bertz CT molecular complexity index is 423. The van der Waals surface area contributed by atoms with Crippen LogP contribution in [0.2, 0.25) is 0 Å². The first-order chi connectivity index (χ1) is 8.19. The van der Waals surface area contributed by atoms with E-state index in [1.54, 1.807) is 0 Å². The third-order valence-corrected chi connectivity index (χ3v) is 4.90. The normalized spacial score (nSPS) is 24.3. The number of esters is 1. The summed E-state index contributed by atoms with van der Waals surface area (Å²) in [4.78, 5) is 15.9. The Labute approximate surface area is 106 Å². The van der Waals surface area contributed by atoms with Crippen molar-refractivity contribution in [1.82, 2.24) is 4.98 Å². The summed E-state index contributed by atoms with van der Waals surface area (Å²) in [5.74, 6) is 1.13. The van der Waals surface area contributed by atoms with E-state index < -0.39 is 10.8 Å². The van der Waals surface area contributed by atoms with E-state index in [4.69, 9.17) is 0 Å². The molecule has 1 aliphatic heterocycles. The van der Waals surface area contributed by atoms with Crippen LogP contribution >= 0.6 is 11.3 Å². The predicted molar refractivity (Wildman–Crippen MR) is 68.0 cm³/mol. The fourth-order valence-corrected chi connectivity index (χ4v) is 3.76. The van der Waals surface area contributed by atoms with Gasteiger partial charge >= 0.3 is 5.97 Å². The summed E-state index contributed by atoms with van der Waals surface area (Å²) in [6.45, 7) is 0. The molecule has 0 saturated carbocycles. The van der Waals surface area contributed by atoms with Gasteiger partial charge in [-0.05, 0) is 12.8 Å². The molecule has 0 bridgehead atoms. The fraction of sp³-hybridized carbons (Fsp3) is 0.600. The molecule has 17 heavy (non-hydrogen) atoms. The molecule has 0 radical (unpaired) electrons. The van der Waals surface area contributed by atoms with Crippen LogP contribution in [0.4, 0.5) is 5.13 Å². The highest BCUT2D eigenvalue weighted by Crippen LogP contribution is 2.22. The summed E-state index contributed by atoms with van der Waals surface area (Å²) in [5.41, 5.74) is 0. The maximum atomic E-state index is 11.2. The molecule has 0 amide bonds. The summed E-state index contributed by atoms with van der Waals surface area (Å²) >= 11 is 1.29. The SMILES string of the molecule is COC(=O)c1cnc(NC2CCS(=O)CC2)s1. The van der Waals surface area contributed by atoms with Gasteiger partial charge in [-0.25, -0.2) is 9.78 Å². The Morgan fingerprint density at radius 1 is 1.59 bits per heavy atom. The zero-order valence-electron chi connectivity index (χ0n) is 9.47. The highest BCUT2D eigenvalue weighted by Gasteiger charge is 2.19. The molecule has 0 unspecified atom stereocenters. The Hall–Kier alpha value is -0.950. The second kappa shape index (κ2) is 5.59. The van der Waals surface area contributed by atoms with Gasteiger partial charge in [-0.15, -0.1) is 0 Å². The molecule has 1 aromatic rings. The lowest BCUT2D eigenvalue weighted by atomic mass is 10.2. The molecule has 1 fully saturated rings. The zero-order valence-corrected chi connectivity index (χ0v) is 11.1. The van der Waals surface area contributed by atoms with Crippen LogP contribution in [0.3, 0.4) is 0 Å². The summed E-state index contributed by atoms with van der Waals surface area (Å²) in [5, 5.41) is 3.99. The van der Waals surface area contributed by atoms with Crippen LogP contribution in [0.15, 0.2) is 6.20 Å². The molecule has 1 aliphatic rings. The number of hydrogen-bond donors (Lipinski definition) is 1. The summed E-state index contributed by atoms with van der Waals surface area (Å²) < 4.78 is 15.8. The second-order valence-electron chi connectivity index (χ2n) is 3.79. The number of methoxy groups -OCH3 is 1. The number of anilines is 1. The number of rotatable bonds is 3. The number of thiazole rings is 1. The van der Waals surface area contributed by atoms with Crippen LogP contribution in [0.5, 0.6) is 0 Å². The van der Waals surface area contributed by atoms with Gasteiger partial charge in [-0.3, -0.25) is 4.21 Å². The monoisotopic (exact) mass is 274 g/mol. The number of carbonyl (C=O) groups is 1. The van der Waals surface area contributed by atoms with Crippen molar-refractivity contribution in [1.29, 1.82) is 0 Å². The molecule has 2 rings (SSSR count). The molecule has 0 atom stereocenters. The summed E-state index contributed by atoms with van der Waals surface area (Å²) in [7, 11) is 0.699. The van der Waals surface area contributed by atoms with E-state index in [0.29, 0.717) is 10.9 Å². The number of aromatic nitrogens is 1. The van der Waals surface area contributed by atoms with Crippen molar-refractivity contribution in [2.24, 2.45) is 0 Å². The molecule has 1 saturated heterocycles. The molecule has 1 aromatic heterocycles. The number of nitrogens with zero attached hydrogens (tertiary/aromatic N) is 1. The van der Waals surface area contributed by atoms with Gasteiger partial charge in [0.15, 0.2) is 5.13 Å². The number of ether oxygens (including phenoxy) is 1. The molecule has 1 N–H and O–H groups in total. The summed E-state index contributed by atoms with van der Waals surface area (Å²) in [6.07, 6.45) is 3.29. The molecule has 7 heteroatoms. The van der Waals surface area contributed by atoms with Gasteiger partial charge in [0.2, 0.25) is 0 Å².